The van der Waals surface area contributed by atoms with Gasteiger partial charge in [-0.3, -0.25) is 14.9 Å². The molecule has 36 heavy (non-hydrogen) atoms. The molecule has 0 unspecified atom stereocenters. The average Bonchev–Trinajstić information content (AvgIpc) is 3.59. The molecule has 2 atom stereocenters. The van der Waals surface area contributed by atoms with Crippen molar-refractivity contribution in [1.82, 2.24) is 19.4 Å². The van der Waals surface area contributed by atoms with E-state index in [1.807, 2.05) is 48.1 Å². The minimum absolute atomic E-state index is 0.292. The minimum atomic E-state index is -0.309. The predicted molar refractivity (Wildman–Crippen MR) is 142 cm³/mol. The zero-order valence-electron chi connectivity index (χ0n) is 20.9. The number of hydrogen-bond donors (Lipinski definition) is 1. The second-order valence-corrected chi connectivity index (χ2v) is 10.9. The fourth-order valence-electron chi connectivity index (χ4n) is 6.87. The first-order chi connectivity index (χ1) is 17.4. The number of amides is 2. The standard InChI is InChI=1S/C30H30N4O2/c1-17(2)33-13-18-12-25-26(21-9-5-7-11-24(21)34(25)15-19(18)14-33)28-27(29(35)31-30(28)36)22-16-32(3)23-10-6-4-8-20(22)23/h4-11,16-19H,12-15H2,1-3H3,(H,31,35,36)/t18-,19-/m1/s1. The number of nitrogens with one attached hydrogen (secondary N) is 1. The second kappa shape index (κ2) is 7.68. The van der Waals surface area contributed by atoms with E-state index in [0.29, 0.717) is 29.0 Å². The summed E-state index contributed by atoms with van der Waals surface area (Å²) in [6.07, 6.45) is 2.90. The SMILES string of the molecule is CC(C)N1C[C@H]2Cc3c(C4=C(c5cn(C)c6ccccc56)C(=O)NC4=O)c4ccccc4n3C[C@H]2C1. The summed E-state index contributed by atoms with van der Waals surface area (Å²) in [6, 6.07) is 17.0. The van der Waals surface area contributed by atoms with Crippen LogP contribution in [0.3, 0.4) is 0 Å². The Kier molecular flexibility index (Phi) is 4.61. The number of likely N-dealkylation sites (tertiary alicyclic amines) is 1. The molecule has 182 valence electrons. The van der Waals surface area contributed by atoms with Crippen LogP contribution in [0.15, 0.2) is 54.7 Å². The van der Waals surface area contributed by atoms with Gasteiger partial charge >= 0.3 is 0 Å². The quantitative estimate of drug-likeness (QED) is 0.449. The lowest BCUT2D eigenvalue weighted by Crippen LogP contribution is -2.29. The first kappa shape index (κ1) is 21.6. The van der Waals surface area contributed by atoms with E-state index in [2.05, 4.69) is 46.8 Å². The summed E-state index contributed by atoms with van der Waals surface area (Å²) in [6.45, 7) is 7.70. The number of para-hydroxylation sites is 2. The van der Waals surface area contributed by atoms with E-state index in [1.54, 1.807) is 0 Å². The first-order valence-corrected chi connectivity index (χ1v) is 12.9. The molecule has 2 aromatic carbocycles. The molecule has 3 aliphatic heterocycles. The van der Waals surface area contributed by atoms with E-state index in [9.17, 15) is 9.59 Å². The third-order valence-electron chi connectivity index (χ3n) is 8.63. The van der Waals surface area contributed by atoms with Gasteiger partial charge in [-0.25, -0.2) is 0 Å². The van der Waals surface area contributed by atoms with Gasteiger partial charge in [0, 0.05) is 77.5 Å². The number of aryl methyl sites for hydroxylation is 1. The van der Waals surface area contributed by atoms with Crippen molar-refractivity contribution in [1.29, 1.82) is 0 Å². The number of aromatic nitrogens is 2. The molecular weight excluding hydrogens is 448 g/mol. The highest BCUT2D eigenvalue weighted by atomic mass is 16.2. The van der Waals surface area contributed by atoms with Gasteiger partial charge in [-0.1, -0.05) is 36.4 Å². The van der Waals surface area contributed by atoms with Gasteiger partial charge in [-0.2, -0.15) is 0 Å². The molecule has 3 aliphatic rings. The highest BCUT2D eigenvalue weighted by Gasteiger charge is 2.42. The zero-order chi connectivity index (χ0) is 24.7. The van der Waals surface area contributed by atoms with E-state index >= 15 is 0 Å². The Labute approximate surface area is 210 Å². The molecule has 0 spiro atoms. The summed E-state index contributed by atoms with van der Waals surface area (Å²) in [7, 11) is 1.98. The van der Waals surface area contributed by atoms with E-state index in [1.165, 1.54) is 5.69 Å². The average molecular weight is 479 g/mol. The lowest BCUT2D eigenvalue weighted by Gasteiger charge is -2.28. The van der Waals surface area contributed by atoms with Gasteiger partial charge in [-0.15, -0.1) is 0 Å². The number of imide groups is 1. The van der Waals surface area contributed by atoms with Crippen molar-refractivity contribution < 1.29 is 9.59 Å². The third kappa shape index (κ3) is 2.94. The first-order valence-electron chi connectivity index (χ1n) is 12.9. The van der Waals surface area contributed by atoms with Crippen LogP contribution in [0, 0.1) is 11.8 Å². The maximum absolute atomic E-state index is 13.5. The Morgan fingerprint density at radius 3 is 2.28 bits per heavy atom. The number of rotatable bonds is 3. The van der Waals surface area contributed by atoms with Gasteiger partial charge in [0.2, 0.25) is 0 Å². The van der Waals surface area contributed by atoms with Crippen LogP contribution < -0.4 is 5.32 Å². The van der Waals surface area contributed by atoms with E-state index < -0.39 is 0 Å². The number of fused-ring (bicyclic) bond motifs is 5. The summed E-state index contributed by atoms with van der Waals surface area (Å²) in [5, 5.41) is 4.68. The molecule has 5 heterocycles. The van der Waals surface area contributed by atoms with Crippen LogP contribution >= 0.6 is 0 Å². The summed E-state index contributed by atoms with van der Waals surface area (Å²) >= 11 is 0. The normalized spacial score (nSPS) is 22.2. The Bertz CT molecular complexity index is 1620. The Morgan fingerprint density at radius 1 is 0.833 bits per heavy atom. The minimum Gasteiger partial charge on any atom is -0.350 e. The Balaban J connectivity index is 1.48. The van der Waals surface area contributed by atoms with Gasteiger partial charge in [0.05, 0.1) is 11.1 Å². The molecule has 1 saturated heterocycles. The van der Waals surface area contributed by atoms with Crippen molar-refractivity contribution in [2.75, 3.05) is 13.1 Å². The molecule has 6 nitrogen and oxygen atoms in total. The molecule has 2 amide bonds. The van der Waals surface area contributed by atoms with Gasteiger partial charge in [-0.05, 0) is 44.2 Å². The van der Waals surface area contributed by atoms with Crippen molar-refractivity contribution >= 4 is 44.8 Å². The number of carbonyl (C=O) groups is 2. The van der Waals surface area contributed by atoms with Crippen molar-refractivity contribution in [2.24, 2.45) is 18.9 Å². The molecule has 0 saturated carbocycles. The molecule has 0 radical (unpaired) electrons. The summed E-state index contributed by atoms with van der Waals surface area (Å²) in [4.78, 5) is 29.4. The maximum Gasteiger partial charge on any atom is 0.259 e. The van der Waals surface area contributed by atoms with Crippen LogP contribution in [-0.4, -0.2) is 45.0 Å². The van der Waals surface area contributed by atoms with Crippen molar-refractivity contribution in [2.45, 2.75) is 32.9 Å². The summed E-state index contributed by atoms with van der Waals surface area (Å²) in [5.41, 5.74) is 6.17. The van der Waals surface area contributed by atoms with E-state index in [-0.39, 0.29) is 11.8 Å². The van der Waals surface area contributed by atoms with Gasteiger partial charge in [0.25, 0.3) is 11.8 Å². The fraction of sp³-hybridized carbons (Fsp3) is 0.333. The van der Waals surface area contributed by atoms with Crippen molar-refractivity contribution in [3.8, 4) is 0 Å². The van der Waals surface area contributed by atoms with Gasteiger partial charge < -0.3 is 14.0 Å². The zero-order valence-corrected chi connectivity index (χ0v) is 20.9. The highest BCUT2D eigenvalue weighted by Crippen LogP contribution is 2.45. The van der Waals surface area contributed by atoms with Crippen LogP contribution in [0.1, 0.15) is 30.7 Å². The molecule has 0 aliphatic carbocycles. The topological polar surface area (TPSA) is 59.3 Å². The molecule has 7 rings (SSSR count). The molecule has 4 aromatic rings. The predicted octanol–water partition coefficient (Wildman–Crippen LogP) is 4.21. The smallest absolute Gasteiger partial charge is 0.259 e. The molecule has 6 heteroatoms. The lowest BCUT2D eigenvalue weighted by molar-refractivity contribution is -0.122. The van der Waals surface area contributed by atoms with E-state index in [0.717, 1.165) is 59.0 Å². The largest absolute Gasteiger partial charge is 0.350 e. The molecule has 1 N–H and O–H groups in total. The molecular formula is C30H30N4O2. The molecule has 0 bridgehead atoms. The number of hydrogen-bond acceptors (Lipinski definition) is 3. The number of carbonyl (C=O) groups excluding carboxylic acids is 2. The number of benzene rings is 2. The monoisotopic (exact) mass is 478 g/mol. The van der Waals surface area contributed by atoms with Gasteiger partial charge in [0.1, 0.15) is 0 Å². The molecule has 1 fully saturated rings. The van der Waals surface area contributed by atoms with Crippen LogP contribution in [0.2, 0.25) is 0 Å². The Morgan fingerprint density at radius 2 is 1.50 bits per heavy atom. The summed E-state index contributed by atoms with van der Waals surface area (Å²) in [5.74, 6) is 0.564. The van der Waals surface area contributed by atoms with Crippen LogP contribution in [0.25, 0.3) is 33.0 Å². The fourth-order valence-corrected chi connectivity index (χ4v) is 6.87. The number of nitrogens with zero attached hydrogens (tertiary/aromatic N) is 3. The highest BCUT2D eigenvalue weighted by molar-refractivity contribution is 6.51. The van der Waals surface area contributed by atoms with Crippen molar-refractivity contribution in [3.63, 3.8) is 0 Å². The molecule has 2 aromatic heterocycles. The van der Waals surface area contributed by atoms with Crippen LogP contribution in [0.4, 0.5) is 0 Å². The lowest BCUT2D eigenvalue weighted by atomic mass is 9.85. The van der Waals surface area contributed by atoms with Crippen molar-refractivity contribution in [3.05, 3.63) is 71.5 Å². The maximum atomic E-state index is 13.5. The van der Waals surface area contributed by atoms with Crippen LogP contribution in [0.5, 0.6) is 0 Å². The van der Waals surface area contributed by atoms with Gasteiger partial charge in [0.15, 0.2) is 0 Å². The summed E-state index contributed by atoms with van der Waals surface area (Å²) < 4.78 is 4.46. The third-order valence-corrected chi connectivity index (χ3v) is 8.63. The van der Waals surface area contributed by atoms with Crippen LogP contribution in [-0.2, 0) is 29.6 Å². The Hall–Kier alpha value is -3.64. The second-order valence-electron chi connectivity index (χ2n) is 10.9. The van der Waals surface area contributed by atoms with E-state index in [4.69, 9.17) is 0 Å².